The normalized spacial score (nSPS) is 10.8. The fourth-order valence-electron chi connectivity index (χ4n) is 1.95. The predicted molar refractivity (Wildman–Crippen MR) is 87.4 cm³/mol. The van der Waals surface area contributed by atoms with Crippen LogP contribution in [-0.2, 0) is 16.1 Å². The van der Waals surface area contributed by atoms with Crippen LogP contribution in [0.15, 0.2) is 54.1 Å². The van der Waals surface area contributed by atoms with Crippen molar-refractivity contribution in [1.82, 2.24) is 0 Å². The van der Waals surface area contributed by atoms with Crippen LogP contribution < -0.4 is 4.74 Å². The van der Waals surface area contributed by atoms with Crippen molar-refractivity contribution < 1.29 is 18.7 Å². The molecule has 0 aliphatic rings. The first-order valence-electron chi connectivity index (χ1n) is 7.39. The molecule has 0 amide bonds. The molecule has 0 heterocycles. The van der Waals surface area contributed by atoms with Gasteiger partial charge in [-0.1, -0.05) is 30.3 Å². The number of nitrogens with zero attached hydrogens (tertiary/aromatic N) is 1. The molecule has 0 fully saturated rings. The summed E-state index contributed by atoms with van der Waals surface area (Å²) >= 11 is 0. The topological polar surface area (TPSA) is 59.3 Å². The number of nitriles is 1. The second-order valence-corrected chi connectivity index (χ2v) is 4.84. The fourth-order valence-corrected chi connectivity index (χ4v) is 1.95. The molecule has 4 nitrogen and oxygen atoms in total. The number of benzene rings is 2. The van der Waals surface area contributed by atoms with Gasteiger partial charge in [0.25, 0.3) is 0 Å². The highest BCUT2D eigenvalue weighted by Crippen LogP contribution is 2.17. The number of esters is 1. The molecule has 0 aliphatic carbocycles. The highest BCUT2D eigenvalue weighted by atomic mass is 19.1. The third kappa shape index (κ3) is 4.68. The minimum atomic E-state index is -0.653. The molecule has 0 bridgehead atoms. The summed E-state index contributed by atoms with van der Waals surface area (Å²) in [4.78, 5) is 11.6. The molecule has 122 valence electrons. The van der Waals surface area contributed by atoms with Crippen LogP contribution in [0.4, 0.5) is 4.39 Å². The van der Waals surface area contributed by atoms with Gasteiger partial charge in [-0.2, -0.15) is 5.26 Å². The van der Waals surface area contributed by atoms with E-state index in [1.54, 1.807) is 49.4 Å². The van der Waals surface area contributed by atoms with Crippen molar-refractivity contribution in [2.45, 2.75) is 13.5 Å². The van der Waals surface area contributed by atoms with E-state index in [4.69, 9.17) is 14.7 Å². The second-order valence-electron chi connectivity index (χ2n) is 4.84. The molecule has 24 heavy (non-hydrogen) atoms. The first-order valence-corrected chi connectivity index (χ1v) is 7.39. The summed E-state index contributed by atoms with van der Waals surface area (Å²) in [7, 11) is 0. The van der Waals surface area contributed by atoms with E-state index in [1.165, 1.54) is 12.1 Å². The summed E-state index contributed by atoms with van der Waals surface area (Å²) in [5.41, 5.74) is 1.06. The summed E-state index contributed by atoms with van der Waals surface area (Å²) in [6.07, 6.45) is 1.44. The van der Waals surface area contributed by atoms with Crippen LogP contribution >= 0.6 is 0 Å². The molecule has 0 unspecified atom stereocenters. The Morgan fingerprint density at radius 2 is 1.92 bits per heavy atom. The molecule has 0 atom stereocenters. The number of hydrogen-bond donors (Lipinski definition) is 0. The highest BCUT2D eigenvalue weighted by molar-refractivity contribution is 5.97. The van der Waals surface area contributed by atoms with Gasteiger partial charge in [-0.15, -0.1) is 0 Å². The highest BCUT2D eigenvalue weighted by Gasteiger charge is 2.09. The van der Waals surface area contributed by atoms with E-state index in [0.29, 0.717) is 16.9 Å². The lowest BCUT2D eigenvalue weighted by atomic mass is 10.1. The summed E-state index contributed by atoms with van der Waals surface area (Å²) < 4.78 is 23.8. The Bertz CT molecular complexity index is 776. The van der Waals surface area contributed by atoms with Crippen molar-refractivity contribution in [3.05, 3.63) is 71.0 Å². The maximum Gasteiger partial charge on any atom is 0.348 e. The largest absolute Gasteiger partial charge is 0.489 e. The zero-order valence-corrected chi connectivity index (χ0v) is 13.2. The minimum absolute atomic E-state index is 0.0723. The van der Waals surface area contributed by atoms with E-state index in [1.807, 2.05) is 6.07 Å². The van der Waals surface area contributed by atoms with Crippen LogP contribution in [0.1, 0.15) is 18.1 Å². The van der Waals surface area contributed by atoms with Gasteiger partial charge in [0, 0.05) is 5.56 Å². The summed E-state index contributed by atoms with van der Waals surface area (Å²) in [5, 5.41) is 9.00. The van der Waals surface area contributed by atoms with Gasteiger partial charge < -0.3 is 9.47 Å². The first-order chi connectivity index (χ1) is 11.6. The van der Waals surface area contributed by atoms with E-state index < -0.39 is 5.97 Å². The van der Waals surface area contributed by atoms with Crippen molar-refractivity contribution in [1.29, 1.82) is 5.26 Å². The van der Waals surface area contributed by atoms with Gasteiger partial charge in [-0.25, -0.2) is 9.18 Å². The average molecular weight is 325 g/mol. The Kier molecular flexibility index (Phi) is 6.09. The number of rotatable bonds is 6. The molecular formula is C19H16FNO3. The van der Waals surface area contributed by atoms with E-state index in [-0.39, 0.29) is 24.6 Å². The number of halogens is 1. The van der Waals surface area contributed by atoms with E-state index in [0.717, 1.165) is 0 Å². The molecule has 0 saturated carbocycles. The standard InChI is InChI=1S/C19H16FNO3/c1-2-23-19(22)16(12-21)11-14-7-9-17(10-8-14)24-13-15-5-3-4-6-18(15)20/h3-11H,2,13H2,1H3/b16-11+. The molecule has 2 aromatic rings. The summed E-state index contributed by atoms with van der Waals surface area (Å²) in [5.74, 6) is -0.407. The third-order valence-electron chi connectivity index (χ3n) is 3.16. The van der Waals surface area contributed by atoms with Crippen molar-refractivity contribution in [2.24, 2.45) is 0 Å². The van der Waals surface area contributed by atoms with Gasteiger partial charge in [0.1, 0.15) is 29.8 Å². The number of ether oxygens (including phenoxy) is 2. The smallest absolute Gasteiger partial charge is 0.348 e. The number of hydrogen-bond acceptors (Lipinski definition) is 4. The quantitative estimate of drug-likeness (QED) is 0.459. The van der Waals surface area contributed by atoms with E-state index >= 15 is 0 Å². The van der Waals surface area contributed by atoms with Crippen LogP contribution in [-0.4, -0.2) is 12.6 Å². The van der Waals surface area contributed by atoms with Crippen LogP contribution in [0.3, 0.4) is 0 Å². The van der Waals surface area contributed by atoms with Crippen LogP contribution in [0, 0.1) is 17.1 Å². The Hall–Kier alpha value is -3.13. The molecule has 0 spiro atoms. The molecule has 5 heteroatoms. The maximum atomic E-state index is 13.5. The molecule has 0 saturated heterocycles. The number of carbonyl (C=O) groups is 1. The number of carbonyl (C=O) groups excluding carboxylic acids is 1. The molecule has 2 aromatic carbocycles. The zero-order chi connectivity index (χ0) is 17.4. The fraction of sp³-hybridized carbons (Fsp3) is 0.158. The molecule has 0 radical (unpaired) electrons. The van der Waals surface area contributed by atoms with Gasteiger partial charge in [0.2, 0.25) is 0 Å². The van der Waals surface area contributed by atoms with Crippen LogP contribution in [0.2, 0.25) is 0 Å². The Balaban J connectivity index is 2.04. The maximum absolute atomic E-state index is 13.5. The van der Waals surface area contributed by atoms with Gasteiger partial charge in [0.05, 0.1) is 6.61 Å². The van der Waals surface area contributed by atoms with Crippen LogP contribution in [0.5, 0.6) is 5.75 Å². The lowest BCUT2D eigenvalue weighted by molar-refractivity contribution is -0.137. The predicted octanol–water partition coefficient (Wildman–Crippen LogP) is 3.87. The van der Waals surface area contributed by atoms with Crippen molar-refractivity contribution in [3.8, 4) is 11.8 Å². The molecule has 0 aliphatic heterocycles. The van der Waals surface area contributed by atoms with E-state index in [9.17, 15) is 9.18 Å². The Morgan fingerprint density at radius 1 is 1.21 bits per heavy atom. The molecule has 0 N–H and O–H groups in total. The van der Waals surface area contributed by atoms with Crippen molar-refractivity contribution >= 4 is 12.0 Å². The lowest BCUT2D eigenvalue weighted by Gasteiger charge is -2.07. The lowest BCUT2D eigenvalue weighted by Crippen LogP contribution is -2.05. The Labute approximate surface area is 139 Å². The molecule has 0 aromatic heterocycles. The van der Waals surface area contributed by atoms with Crippen molar-refractivity contribution in [2.75, 3.05) is 6.61 Å². The third-order valence-corrected chi connectivity index (χ3v) is 3.16. The van der Waals surface area contributed by atoms with Crippen LogP contribution in [0.25, 0.3) is 6.08 Å². The summed E-state index contributed by atoms with van der Waals surface area (Å²) in [6, 6.07) is 15.0. The van der Waals surface area contributed by atoms with Gasteiger partial charge in [0.15, 0.2) is 0 Å². The average Bonchev–Trinajstić information content (AvgIpc) is 2.60. The Morgan fingerprint density at radius 3 is 2.54 bits per heavy atom. The molecular weight excluding hydrogens is 309 g/mol. The van der Waals surface area contributed by atoms with Gasteiger partial charge >= 0.3 is 5.97 Å². The SMILES string of the molecule is CCOC(=O)/C(C#N)=C/c1ccc(OCc2ccccc2F)cc1. The molecule has 2 rings (SSSR count). The zero-order valence-electron chi connectivity index (χ0n) is 13.2. The van der Waals surface area contributed by atoms with Crippen molar-refractivity contribution in [3.63, 3.8) is 0 Å². The van der Waals surface area contributed by atoms with Gasteiger partial charge in [-0.3, -0.25) is 0 Å². The van der Waals surface area contributed by atoms with E-state index in [2.05, 4.69) is 0 Å². The first kappa shape index (κ1) is 17.2. The summed E-state index contributed by atoms with van der Waals surface area (Å²) in [6.45, 7) is 2.00. The minimum Gasteiger partial charge on any atom is -0.489 e. The second kappa shape index (κ2) is 8.49. The monoisotopic (exact) mass is 325 g/mol. The van der Waals surface area contributed by atoms with Gasteiger partial charge in [-0.05, 0) is 36.8 Å².